The first-order valence-corrected chi connectivity index (χ1v) is 5.47. The van der Waals surface area contributed by atoms with Crippen molar-refractivity contribution in [1.82, 2.24) is 10.2 Å². The highest BCUT2D eigenvalue weighted by Gasteiger charge is 2.33. The van der Waals surface area contributed by atoms with Gasteiger partial charge in [0.15, 0.2) is 0 Å². The third kappa shape index (κ3) is 2.66. The molecule has 0 aromatic rings. The van der Waals surface area contributed by atoms with E-state index in [9.17, 15) is 0 Å². The molecule has 1 unspecified atom stereocenters. The second kappa shape index (κ2) is 4.94. The smallest absolute Gasteiger partial charge is 0.0815 e. The molecule has 0 aliphatic carbocycles. The summed E-state index contributed by atoms with van der Waals surface area (Å²) in [5.74, 6) is 0. The Kier molecular flexibility index (Phi) is 4.16. The van der Waals surface area contributed by atoms with Gasteiger partial charge in [-0.3, -0.25) is 4.90 Å². The molecule has 1 saturated heterocycles. The maximum absolute atomic E-state index is 6.36. The maximum atomic E-state index is 6.36. The van der Waals surface area contributed by atoms with Crippen molar-refractivity contribution in [2.24, 2.45) is 5.73 Å². The summed E-state index contributed by atoms with van der Waals surface area (Å²) in [5.41, 5.74) is 6.28. The lowest BCUT2D eigenvalue weighted by molar-refractivity contribution is 0.0563. The van der Waals surface area contributed by atoms with Crippen LogP contribution in [-0.2, 0) is 0 Å². The molecule has 1 aliphatic heterocycles. The van der Waals surface area contributed by atoms with E-state index in [0.29, 0.717) is 0 Å². The van der Waals surface area contributed by atoms with Crippen molar-refractivity contribution in [3.63, 3.8) is 0 Å². The Hall–Kier alpha value is -0.120. The molecule has 3 N–H and O–H groups in total. The highest BCUT2D eigenvalue weighted by Crippen LogP contribution is 2.17. The van der Waals surface area contributed by atoms with Crippen LogP contribution in [0.15, 0.2) is 0 Å². The van der Waals surface area contributed by atoms with Crippen LogP contribution in [0.1, 0.15) is 33.1 Å². The molecule has 78 valence electrons. The normalized spacial score (nSPS) is 30.7. The van der Waals surface area contributed by atoms with E-state index in [-0.39, 0.29) is 5.66 Å². The van der Waals surface area contributed by atoms with Gasteiger partial charge in [0, 0.05) is 19.6 Å². The molecule has 0 saturated carbocycles. The Morgan fingerprint density at radius 3 is 2.77 bits per heavy atom. The molecule has 3 heteroatoms. The van der Waals surface area contributed by atoms with Gasteiger partial charge in [0.2, 0.25) is 0 Å². The molecule has 0 aromatic carbocycles. The molecule has 1 atom stereocenters. The van der Waals surface area contributed by atoms with Gasteiger partial charge in [-0.05, 0) is 19.4 Å². The Balaban J connectivity index is 2.54. The van der Waals surface area contributed by atoms with Crippen molar-refractivity contribution < 1.29 is 0 Å². The summed E-state index contributed by atoms with van der Waals surface area (Å²) in [5, 5.41) is 3.38. The standard InChI is InChI=1S/C10H23N3/c1-3-5-10(11)9-12-6-8-13(10)7-4-2/h12H,3-9,11H2,1-2H3. The van der Waals surface area contributed by atoms with Crippen molar-refractivity contribution >= 4 is 0 Å². The molecule has 0 radical (unpaired) electrons. The zero-order valence-electron chi connectivity index (χ0n) is 8.97. The van der Waals surface area contributed by atoms with Gasteiger partial charge in [-0.1, -0.05) is 20.3 Å². The first-order valence-electron chi connectivity index (χ1n) is 5.47. The Labute approximate surface area is 81.7 Å². The van der Waals surface area contributed by atoms with E-state index in [1.165, 1.54) is 12.8 Å². The molecular formula is C10H23N3. The molecule has 0 bridgehead atoms. The minimum atomic E-state index is -0.0803. The summed E-state index contributed by atoms with van der Waals surface area (Å²) < 4.78 is 0. The van der Waals surface area contributed by atoms with E-state index in [1.54, 1.807) is 0 Å². The molecule has 13 heavy (non-hydrogen) atoms. The van der Waals surface area contributed by atoms with Crippen molar-refractivity contribution in [2.75, 3.05) is 26.2 Å². The van der Waals surface area contributed by atoms with Crippen LogP contribution >= 0.6 is 0 Å². The summed E-state index contributed by atoms with van der Waals surface area (Å²) in [7, 11) is 0. The van der Waals surface area contributed by atoms with Gasteiger partial charge in [0.1, 0.15) is 0 Å². The second-order valence-electron chi connectivity index (χ2n) is 4.02. The van der Waals surface area contributed by atoms with Crippen LogP contribution < -0.4 is 11.1 Å². The summed E-state index contributed by atoms with van der Waals surface area (Å²) in [6, 6.07) is 0. The van der Waals surface area contributed by atoms with Crippen LogP contribution in [0.5, 0.6) is 0 Å². The van der Waals surface area contributed by atoms with Crippen LogP contribution in [0.25, 0.3) is 0 Å². The number of nitrogens with zero attached hydrogens (tertiary/aromatic N) is 1. The van der Waals surface area contributed by atoms with E-state index in [4.69, 9.17) is 5.73 Å². The Morgan fingerprint density at radius 1 is 1.38 bits per heavy atom. The van der Waals surface area contributed by atoms with E-state index < -0.39 is 0 Å². The number of rotatable bonds is 4. The number of piperazine rings is 1. The monoisotopic (exact) mass is 185 g/mol. The summed E-state index contributed by atoms with van der Waals surface area (Å²) >= 11 is 0. The van der Waals surface area contributed by atoms with E-state index in [1.807, 2.05) is 0 Å². The Morgan fingerprint density at radius 2 is 2.15 bits per heavy atom. The van der Waals surface area contributed by atoms with Crippen molar-refractivity contribution in [1.29, 1.82) is 0 Å². The van der Waals surface area contributed by atoms with Gasteiger partial charge >= 0.3 is 0 Å². The molecule has 0 spiro atoms. The third-order valence-corrected chi connectivity index (χ3v) is 2.80. The minimum absolute atomic E-state index is 0.0803. The van der Waals surface area contributed by atoms with Gasteiger partial charge in [-0.15, -0.1) is 0 Å². The van der Waals surface area contributed by atoms with Gasteiger partial charge < -0.3 is 11.1 Å². The average Bonchev–Trinajstić information content (AvgIpc) is 2.10. The zero-order chi connectivity index (χ0) is 9.73. The number of hydrogen-bond acceptors (Lipinski definition) is 3. The lowest BCUT2D eigenvalue weighted by Crippen LogP contribution is -2.66. The van der Waals surface area contributed by atoms with Crippen LogP contribution in [0.4, 0.5) is 0 Å². The van der Waals surface area contributed by atoms with Gasteiger partial charge in [0.05, 0.1) is 5.66 Å². The summed E-state index contributed by atoms with van der Waals surface area (Å²) in [6.07, 6.45) is 3.46. The summed E-state index contributed by atoms with van der Waals surface area (Å²) in [6.45, 7) is 8.69. The molecule has 1 heterocycles. The fourth-order valence-electron chi connectivity index (χ4n) is 2.14. The van der Waals surface area contributed by atoms with Gasteiger partial charge in [0.25, 0.3) is 0 Å². The number of hydrogen-bond donors (Lipinski definition) is 2. The Bertz CT molecular complexity index is 143. The lowest BCUT2D eigenvalue weighted by atomic mass is 10.0. The molecule has 1 aliphatic rings. The predicted molar refractivity (Wildman–Crippen MR) is 56.6 cm³/mol. The van der Waals surface area contributed by atoms with Crippen molar-refractivity contribution in [2.45, 2.75) is 38.8 Å². The third-order valence-electron chi connectivity index (χ3n) is 2.80. The van der Waals surface area contributed by atoms with Crippen molar-refractivity contribution in [3.05, 3.63) is 0 Å². The van der Waals surface area contributed by atoms with Crippen LogP contribution in [0.2, 0.25) is 0 Å². The average molecular weight is 185 g/mol. The highest BCUT2D eigenvalue weighted by molar-refractivity contribution is 4.90. The number of nitrogens with one attached hydrogen (secondary N) is 1. The van der Waals surface area contributed by atoms with Gasteiger partial charge in [-0.25, -0.2) is 0 Å². The van der Waals surface area contributed by atoms with E-state index in [2.05, 4.69) is 24.1 Å². The topological polar surface area (TPSA) is 41.3 Å². The highest BCUT2D eigenvalue weighted by atomic mass is 15.3. The van der Waals surface area contributed by atoms with Crippen LogP contribution in [0.3, 0.4) is 0 Å². The quantitative estimate of drug-likeness (QED) is 0.679. The van der Waals surface area contributed by atoms with Crippen LogP contribution in [0, 0.1) is 0 Å². The first kappa shape index (κ1) is 11.0. The van der Waals surface area contributed by atoms with Crippen molar-refractivity contribution in [3.8, 4) is 0 Å². The minimum Gasteiger partial charge on any atom is -0.312 e. The largest absolute Gasteiger partial charge is 0.312 e. The maximum Gasteiger partial charge on any atom is 0.0815 e. The predicted octanol–water partition coefficient (Wildman–Crippen LogP) is 0.757. The molecular weight excluding hydrogens is 162 g/mol. The van der Waals surface area contributed by atoms with Crippen LogP contribution in [-0.4, -0.2) is 36.7 Å². The molecule has 1 fully saturated rings. The second-order valence-corrected chi connectivity index (χ2v) is 4.02. The van der Waals surface area contributed by atoms with Gasteiger partial charge in [-0.2, -0.15) is 0 Å². The number of nitrogens with two attached hydrogens (primary N) is 1. The van der Waals surface area contributed by atoms with E-state index >= 15 is 0 Å². The lowest BCUT2D eigenvalue weighted by Gasteiger charge is -2.45. The summed E-state index contributed by atoms with van der Waals surface area (Å²) in [4.78, 5) is 2.44. The van der Waals surface area contributed by atoms with E-state index in [0.717, 1.165) is 32.6 Å². The molecule has 0 amide bonds. The fourth-order valence-corrected chi connectivity index (χ4v) is 2.14. The fraction of sp³-hybridized carbons (Fsp3) is 1.00. The first-order chi connectivity index (χ1) is 6.23. The SMILES string of the molecule is CCCN1CCNCC1(N)CCC. The molecule has 3 nitrogen and oxygen atoms in total. The molecule has 0 aromatic heterocycles. The molecule has 1 rings (SSSR count). The zero-order valence-corrected chi connectivity index (χ0v) is 8.97.